The van der Waals surface area contributed by atoms with Gasteiger partial charge < -0.3 is 9.30 Å². The number of hydrogen-bond donors (Lipinski definition) is 0. The topological polar surface area (TPSA) is 46.4 Å². The third-order valence-electron chi connectivity index (χ3n) is 6.00. The number of ether oxygens (including phenoxy) is 1. The van der Waals surface area contributed by atoms with E-state index in [1.807, 2.05) is 12.1 Å². The number of aromatic nitrogens is 3. The molecule has 0 N–H and O–H groups in total. The summed E-state index contributed by atoms with van der Waals surface area (Å²) in [5.41, 5.74) is 1.34. The first-order valence-corrected chi connectivity index (χ1v) is 10.2. The van der Waals surface area contributed by atoms with Gasteiger partial charge in [-0.1, -0.05) is 12.1 Å². The molecule has 6 nitrogen and oxygen atoms in total. The summed E-state index contributed by atoms with van der Waals surface area (Å²) in [5, 5.41) is 9.11. The molecule has 6 heteroatoms. The van der Waals surface area contributed by atoms with E-state index in [9.17, 15) is 0 Å². The van der Waals surface area contributed by atoms with Gasteiger partial charge in [-0.25, -0.2) is 0 Å². The zero-order valence-electron chi connectivity index (χ0n) is 16.6. The second kappa shape index (κ2) is 8.40. The van der Waals surface area contributed by atoms with Crippen molar-refractivity contribution in [1.29, 1.82) is 0 Å². The summed E-state index contributed by atoms with van der Waals surface area (Å²) < 4.78 is 7.51. The maximum Gasteiger partial charge on any atom is 0.146 e. The molecule has 2 aliphatic rings. The van der Waals surface area contributed by atoms with Crippen molar-refractivity contribution in [2.75, 3.05) is 33.3 Å². The van der Waals surface area contributed by atoms with Gasteiger partial charge in [0.25, 0.3) is 0 Å². The molecule has 0 amide bonds. The molecule has 0 bridgehead atoms. The highest BCUT2D eigenvalue weighted by Crippen LogP contribution is 2.27. The van der Waals surface area contributed by atoms with Crippen molar-refractivity contribution < 1.29 is 4.74 Å². The lowest BCUT2D eigenvalue weighted by atomic mass is 9.96. The Hall–Kier alpha value is -1.92. The third kappa shape index (κ3) is 4.33. The van der Waals surface area contributed by atoms with Crippen LogP contribution >= 0.6 is 0 Å². The van der Waals surface area contributed by atoms with Crippen LogP contribution in [0.15, 0.2) is 24.3 Å². The van der Waals surface area contributed by atoms with E-state index in [4.69, 9.17) is 4.74 Å². The van der Waals surface area contributed by atoms with E-state index in [0.29, 0.717) is 5.92 Å². The van der Waals surface area contributed by atoms with Gasteiger partial charge in [0.2, 0.25) is 0 Å². The Labute approximate surface area is 162 Å². The summed E-state index contributed by atoms with van der Waals surface area (Å²) in [7, 11) is 3.85. The van der Waals surface area contributed by atoms with Crippen LogP contribution in [0.3, 0.4) is 0 Å². The number of nitrogens with zero attached hydrogens (tertiary/aromatic N) is 5. The van der Waals surface area contributed by atoms with Crippen molar-refractivity contribution in [1.82, 2.24) is 24.6 Å². The van der Waals surface area contributed by atoms with Crippen molar-refractivity contribution in [3.63, 3.8) is 0 Å². The molecule has 1 atom stereocenters. The highest BCUT2D eigenvalue weighted by molar-refractivity contribution is 5.27. The molecule has 0 spiro atoms. The smallest absolute Gasteiger partial charge is 0.146 e. The number of piperidine rings is 1. The van der Waals surface area contributed by atoms with Crippen molar-refractivity contribution in [2.24, 2.45) is 7.05 Å². The molecule has 1 aromatic heterocycles. The minimum atomic E-state index is 0.474. The highest BCUT2D eigenvalue weighted by atomic mass is 16.5. The van der Waals surface area contributed by atoms with Gasteiger partial charge in [-0.2, -0.15) is 0 Å². The largest absolute Gasteiger partial charge is 0.497 e. The van der Waals surface area contributed by atoms with Crippen LogP contribution in [0.1, 0.15) is 48.8 Å². The Balaban J connectivity index is 1.39. The molecular formula is C21H31N5O. The molecule has 1 aromatic carbocycles. The van der Waals surface area contributed by atoms with Gasteiger partial charge in [-0.05, 0) is 63.0 Å². The van der Waals surface area contributed by atoms with Crippen LogP contribution in [0.25, 0.3) is 0 Å². The van der Waals surface area contributed by atoms with Gasteiger partial charge in [0.1, 0.15) is 17.4 Å². The predicted octanol–water partition coefficient (Wildman–Crippen LogP) is 2.80. The molecule has 0 saturated carbocycles. The first-order valence-electron chi connectivity index (χ1n) is 10.2. The Morgan fingerprint density at radius 3 is 2.44 bits per heavy atom. The predicted molar refractivity (Wildman–Crippen MR) is 106 cm³/mol. The van der Waals surface area contributed by atoms with Crippen molar-refractivity contribution in [3.05, 3.63) is 41.5 Å². The summed E-state index contributed by atoms with van der Waals surface area (Å²) >= 11 is 0. The highest BCUT2D eigenvalue weighted by Gasteiger charge is 2.26. The van der Waals surface area contributed by atoms with Crippen molar-refractivity contribution in [3.8, 4) is 5.75 Å². The zero-order chi connectivity index (χ0) is 18.6. The number of methoxy groups -OCH3 is 1. The second-order valence-electron chi connectivity index (χ2n) is 7.94. The Morgan fingerprint density at radius 2 is 1.70 bits per heavy atom. The van der Waals surface area contributed by atoms with Gasteiger partial charge in [0.15, 0.2) is 0 Å². The van der Waals surface area contributed by atoms with Crippen molar-refractivity contribution >= 4 is 0 Å². The summed E-state index contributed by atoms with van der Waals surface area (Å²) in [6.07, 6.45) is 5.05. The van der Waals surface area contributed by atoms with E-state index in [2.05, 4.69) is 43.7 Å². The molecule has 146 valence electrons. The maximum absolute atomic E-state index is 5.26. The Morgan fingerprint density at radius 1 is 0.963 bits per heavy atom. The third-order valence-corrected chi connectivity index (χ3v) is 6.00. The lowest BCUT2D eigenvalue weighted by Gasteiger charge is -2.32. The van der Waals surface area contributed by atoms with E-state index >= 15 is 0 Å². The average Bonchev–Trinajstić information content (AvgIpc) is 3.33. The van der Waals surface area contributed by atoms with Crippen LogP contribution in [-0.2, 0) is 20.1 Å². The molecule has 27 heavy (non-hydrogen) atoms. The quantitative estimate of drug-likeness (QED) is 0.784. The summed E-state index contributed by atoms with van der Waals surface area (Å²) in [4.78, 5) is 5.04. The fraction of sp³-hybridized carbons (Fsp3) is 0.619. The summed E-state index contributed by atoms with van der Waals surface area (Å²) in [5.74, 6) is 3.66. The first-order chi connectivity index (χ1) is 13.2. The standard InChI is InChI=1S/C21H31N5O/c1-24-20(16-25-11-3-4-12-25)22-23-21(24)18-6-5-13-26(15-18)14-17-7-9-19(27-2)10-8-17/h7-10,18H,3-6,11-16H2,1-2H3/t18-/m1/s1. The number of benzene rings is 1. The van der Waals surface area contributed by atoms with E-state index in [1.54, 1.807) is 7.11 Å². The van der Waals surface area contributed by atoms with Crippen LogP contribution in [0, 0.1) is 0 Å². The minimum absolute atomic E-state index is 0.474. The van der Waals surface area contributed by atoms with Gasteiger partial charge >= 0.3 is 0 Å². The van der Waals surface area contributed by atoms with Crippen LogP contribution in [0.5, 0.6) is 5.75 Å². The van der Waals surface area contributed by atoms with Crippen LogP contribution in [0.4, 0.5) is 0 Å². The Bertz CT molecular complexity index is 736. The molecule has 2 saturated heterocycles. The van der Waals surface area contributed by atoms with Crippen molar-refractivity contribution in [2.45, 2.75) is 44.7 Å². The molecule has 2 aliphatic heterocycles. The zero-order valence-corrected chi connectivity index (χ0v) is 16.6. The number of rotatable bonds is 6. The maximum atomic E-state index is 5.26. The Kier molecular flexibility index (Phi) is 5.74. The number of hydrogen-bond acceptors (Lipinski definition) is 5. The molecule has 4 rings (SSSR count). The molecule has 0 aliphatic carbocycles. The van der Waals surface area contributed by atoms with E-state index in [-0.39, 0.29) is 0 Å². The van der Waals surface area contributed by atoms with Gasteiger partial charge in [0, 0.05) is 26.1 Å². The second-order valence-corrected chi connectivity index (χ2v) is 7.94. The van der Waals surface area contributed by atoms with Gasteiger partial charge in [-0.15, -0.1) is 10.2 Å². The fourth-order valence-electron chi connectivity index (χ4n) is 4.41. The molecule has 0 radical (unpaired) electrons. The van der Waals surface area contributed by atoms with Crippen LogP contribution < -0.4 is 4.74 Å². The molecule has 3 heterocycles. The SMILES string of the molecule is COc1ccc(CN2CCC[C@@H](c3nnc(CN4CCCC4)n3C)C2)cc1. The normalized spacial score (nSPS) is 21.6. The van der Waals surface area contributed by atoms with Crippen LogP contribution in [0.2, 0.25) is 0 Å². The first kappa shape index (κ1) is 18.4. The summed E-state index contributed by atoms with van der Waals surface area (Å²) in [6.45, 7) is 6.52. The fourth-order valence-corrected chi connectivity index (χ4v) is 4.41. The monoisotopic (exact) mass is 369 g/mol. The molecule has 0 unspecified atom stereocenters. The van der Waals surface area contributed by atoms with Crippen LogP contribution in [-0.4, -0.2) is 57.9 Å². The molecule has 2 fully saturated rings. The van der Waals surface area contributed by atoms with E-state index < -0.39 is 0 Å². The average molecular weight is 370 g/mol. The molecule has 2 aromatic rings. The van der Waals surface area contributed by atoms with Gasteiger partial charge in [0.05, 0.1) is 13.7 Å². The van der Waals surface area contributed by atoms with Gasteiger partial charge in [-0.3, -0.25) is 9.80 Å². The van der Waals surface area contributed by atoms with E-state index in [0.717, 1.165) is 43.6 Å². The lowest BCUT2D eigenvalue weighted by Crippen LogP contribution is -2.35. The van der Waals surface area contributed by atoms with E-state index in [1.165, 1.54) is 44.3 Å². The lowest BCUT2D eigenvalue weighted by molar-refractivity contribution is 0.195. The summed E-state index contributed by atoms with van der Waals surface area (Å²) in [6, 6.07) is 8.42. The number of likely N-dealkylation sites (tertiary alicyclic amines) is 2. The minimum Gasteiger partial charge on any atom is -0.497 e. The molecular weight excluding hydrogens is 338 g/mol.